The number of hydrogen-bond acceptors (Lipinski definition) is 25. The van der Waals surface area contributed by atoms with E-state index >= 15 is 0 Å². The molecule has 4 saturated carbocycles. The lowest BCUT2D eigenvalue weighted by Gasteiger charge is -2.65. The second-order valence-corrected chi connectivity index (χ2v) is 32.8. The number of carbonyl (C=O) groups is 7. The first-order valence-electron chi connectivity index (χ1n) is 36.2. The van der Waals surface area contributed by atoms with Crippen LogP contribution >= 0.6 is 23.1 Å². The molecule has 594 valence electrons. The molecule has 5 amide bonds. The highest BCUT2D eigenvalue weighted by Gasteiger charge is 2.63. The molecule has 3 aliphatic heterocycles. The summed E-state index contributed by atoms with van der Waals surface area (Å²) in [6.07, 6.45) is 3.34. The normalized spacial score (nSPS) is 24.4. The number of carboxylic acid groups (broad SMARTS) is 2. The van der Waals surface area contributed by atoms with Crippen molar-refractivity contribution in [3.63, 3.8) is 0 Å². The number of ether oxygens (including phenoxy) is 5. The van der Waals surface area contributed by atoms with E-state index in [1.54, 1.807) is 62.3 Å². The fraction of sp³-hybridized carbons (Fsp3) is 0.533. The lowest BCUT2D eigenvalue weighted by atomic mass is 9.43. The Kier molecular flexibility index (Phi) is 27.7. The number of fused-ring (bicyclic) bond motifs is 2. The number of likely N-dealkylation sites (N-methyl/N-ethyl adjacent to an activating group) is 1. The lowest BCUT2D eigenvalue weighted by Crippen LogP contribution is -2.61. The van der Waals surface area contributed by atoms with Crippen LogP contribution in [0, 0.1) is 23.7 Å². The summed E-state index contributed by atoms with van der Waals surface area (Å²) in [5.74, 6) is -4.26. The summed E-state index contributed by atoms with van der Waals surface area (Å²) in [6, 6.07) is 20.3. The van der Waals surface area contributed by atoms with Crippen molar-refractivity contribution in [1.29, 1.82) is 0 Å². The van der Waals surface area contributed by atoms with Crippen LogP contribution in [0.4, 0.5) is 15.7 Å². The molecule has 6 aromatic rings. The zero-order chi connectivity index (χ0) is 79.4. The standard InChI is InChI=1S/C72H88N10O20S2.C2H6S.CO2/c1-5-56(83)75-52-28-46(36-98-25-26-104(95,96)97)81(64(52)89)34-57(84)73-21-9-8-11-42-16-17-45(53(27-42)101-67-61(87)59(85)60(86)62(102-67)66(92)93)35-99-69(94)79(4)23-24-100-72-31-43-29-70(3,38-72)37-71(30-43,39-72)40-82-41(2)49(32-74-82)47-18-19-55(77-58(47)65(90)91)80-22-20-44-12-10-13-48(50(44)33-80)63(88)78-68-76-51-14-6-7-15-54(51)103-68;1-3-2;2-1-3/h6-7,10,12-19,27,32,43,46,52,59-62,67,85-87H,5,8-9,11,20-26,28-31,33-40H2,1-4H3,(H,73,84)(H,75,83)(H,90,91)(H,92,93)(H,76,78,88)(H,95,96,97);1-2H3;/t43?,46-,52-,59-,60-,61+,62-,67+,70?,71?,72?;;/m0../s1. The zero-order valence-corrected chi connectivity index (χ0v) is 64.4. The van der Waals surface area contributed by atoms with Crippen molar-refractivity contribution in [2.24, 2.45) is 16.7 Å². The summed E-state index contributed by atoms with van der Waals surface area (Å²) < 4.78 is 64.1. The minimum atomic E-state index is -4.30. The summed E-state index contributed by atoms with van der Waals surface area (Å²) in [4.78, 5) is 122. The maximum atomic E-state index is 13.8. The van der Waals surface area contributed by atoms with E-state index in [-0.39, 0.29) is 105 Å². The third kappa shape index (κ3) is 20.4. The molecule has 3 aromatic heterocycles. The Hall–Kier alpha value is -9.00. The Bertz CT molecular complexity index is 4470. The van der Waals surface area contributed by atoms with Crippen molar-refractivity contribution in [1.82, 2.24) is 40.2 Å². The Morgan fingerprint density at radius 1 is 0.900 bits per heavy atom. The number of aryl methyl sites for hydroxylation is 1. The van der Waals surface area contributed by atoms with Gasteiger partial charge in [-0.2, -0.15) is 34.9 Å². The van der Waals surface area contributed by atoms with Gasteiger partial charge in [0.05, 0.1) is 60.2 Å². The third-order valence-electron chi connectivity index (χ3n) is 20.9. The van der Waals surface area contributed by atoms with E-state index in [0.29, 0.717) is 84.4 Å². The molecule has 35 heteroatoms. The van der Waals surface area contributed by atoms with Crippen molar-refractivity contribution in [2.45, 2.75) is 166 Å². The van der Waals surface area contributed by atoms with E-state index in [1.807, 2.05) is 71.5 Å². The maximum Gasteiger partial charge on any atom is 0.409 e. The van der Waals surface area contributed by atoms with E-state index < -0.39 is 94.1 Å². The van der Waals surface area contributed by atoms with Crippen molar-refractivity contribution < 1.29 is 105 Å². The van der Waals surface area contributed by atoms with Gasteiger partial charge in [-0.1, -0.05) is 61.6 Å². The predicted octanol–water partition coefficient (Wildman–Crippen LogP) is 5.90. The average molecular weight is 1580 g/mol. The number of aliphatic hydroxyl groups is 3. The second-order valence-electron chi connectivity index (χ2n) is 29.3. The molecule has 2 saturated heterocycles. The number of unbranched alkanes of at least 4 members (excludes halogenated alkanes) is 1. The van der Waals surface area contributed by atoms with Crippen LogP contribution in [0.1, 0.15) is 127 Å². The average Bonchev–Trinajstić information content (AvgIpc) is 0.726. The second kappa shape index (κ2) is 36.4. The van der Waals surface area contributed by atoms with E-state index in [0.717, 1.165) is 65.6 Å². The summed E-state index contributed by atoms with van der Waals surface area (Å²) >= 11 is 3.15. The van der Waals surface area contributed by atoms with Crippen molar-refractivity contribution in [3.8, 4) is 16.9 Å². The van der Waals surface area contributed by atoms with Gasteiger partial charge in [0.15, 0.2) is 16.9 Å². The van der Waals surface area contributed by atoms with Crippen molar-refractivity contribution in [3.05, 3.63) is 118 Å². The maximum absolute atomic E-state index is 13.8. The number of para-hydroxylation sites is 1. The van der Waals surface area contributed by atoms with Gasteiger partial charge in [0, 0.05) is 74.1 Å². The van der Waals surface area contributed by atoms with Crippen LogP contribution in [0.25, 0.3) is 21.3 Å². The Labute approximate surface area is 643 Å². The summed E-state index contributed by atoms with van der Waals surface area (Å²) in [7, 11) is -2.72. The molecule has 4 aliphatic carbocycles. The number of rotatable bonds is 30. The molecular weight excluding hydrogens is 1490 g/mol. The first-order valence-corrected chi connectivity index (χ1v) is 40.3. The molecule has 4 unspecified atom stereocenters. The van der Waals surface area contributed by atoms with Gasteiger partial charge in [-0.3, -0.25) is 33.7 Å². The van der Waals surface area contributed by atoms with Crippen LogP contribution < -0.4 is 25.6 Å². The fourth-order valence-corrected chi connectivity index (χ4v) is 17.8. The van der Waals surface area contributed by atoms with Gasteiger partial charge < -0.3 is 74.6 Å². The highest BCUT2D eigenvalue weighted by atomic mass is 32.2. The number of nitrogens with one attached hydrogen (secondary N) is 3. The molecule has 110 heavy (non-hydrogen) atoms. The number of pyridine rings is 1. The third-order valence-corrected chi connectivity index (χ3v) is 22.6. The van der Waals surface area contributed by atoms with Gasteiger partial charge >= 0.3 is 24.2 Å². The molecular formula is C75H94N10O22S3. The molecule has 6 heterocycles. The molecule has 9 N–H and O–H groups in total. The molecule has 3 aromatic carbocycles. The SMILES string of the molecule is CCC(=O)N[C@H]1C[C@@H](COCCS(=O)(=O)O)N(CC(=O)NCCCCc2ccc(COC(=O)N(C)CCOC34CC5CC(C)(CC(Cn6ncc(-c7ccc(N8CCc9cccc(C(=O)Nc%10nc%11ccccc%11s%10)c9C8)nc7C(=O)O)c6C)(C5)C3)C4)c(O[C@@H]3O[C@H](C(=O)O)[C@@H](O)[C@H](O)[C@H]3O)c2)C1=O.CSC.O=C=O. The number of benzene rings is 3. The van der Waals surface area contributed by atoms with Gasteiger partial charge in [0.25, 0.3) is 16.0 Å². The highest BCUT2D eigenvalue weighted by molar-refractivity contribution is 7.97. The molecule has 0 spiro atoms. The van der Waals surface area contributed by atoms with Gasteiger partial charge in [-0.25, -0.2) is 24.4 Å². The molecule has 32 nitrogen and oxygen atoms in total. The van der Waals surface area contributed by atoms with Crippen LogP contribution in [-0.2, 0) is 90.4 Å². The largest absolute Gasteiger partial charge is 0.479 e. The molecule has 4 bridgehead atoms. The molecule has 13 rings (SSSR count). The number of aromatic carboxylic acids is 1. The number of amides is 5. The van der Waals surface area contributed by atoms with Crippen LogP contribution in [0.2, 0.25) is 0 Å². The Morgan fingerprint density at radius 2 is 1.66 bits per heavy atom. The van der Waals surface area contributed by atoms with Crippen molar-refractivity contribution in [2.75, 3.05) is 81.5 Å². The zero-order valence-electron chi connectivity index (χ0n) is 62.0. The topological polar surface area (TPSA) is 445 Å². The number of thioether (sulfide) groups is 1. The van der Waals surface area contributed by atoms with E-state index in [1.165, 1.54) is 21.1 Å². The van der Waals surface area contributed by atoms with Crippen LogP contribution in [-0.4, -0.2) is 236 Å². The van der Waals surface area contributed by atoms with E-state index in [9.17, 15) is 67.5 Å². The van der Waals surface area contributed by atoms with Crippen molar-refractivity contribution >= 4 is 102 Å². The summed E-state index contributed by atoms with van der Waals surface area (Å²) in [5, 5.41) is 66.3. The van der Waals surface area contributed by atoms with Gasteiger partial charge in [0.1, 0.15) is 42.5 Å². The monoisotopic (exact) mass is 1580 g/mol. The van der Waals surface area contributed by atoms with Crippen LogP contribution in [0.5, 0.6) is 5.75 Å². The fourth-order valence-electron chi connectivity index (χ4n) is 16.6. The predicted molar refractivity (Wildman–Crippen MR) is 401 cm³/mol. The number of carboxylic acids is 2. The number of nitrogens with zero attached hydrogens (tertiary/aromatic N) is 7. The Morgan fingerprint density at radius 3 is 2.38 bits per heavy atom. The Balaban J connectivity index is 0.00000208. The number of carbonyl (C=O) groups excluding carboxylic acids is 7. The number of aliphatic hydroxyl groups excluding tert-OH is 3. The van der Waals surface area contributed by atoms with Crippen LogP contribution in [0.3, 0.4) is 0 Å². The quantitative estimate of drug-likeness (QED) is 0.0187. The lowest BCUT2D eigenvalue weighted by molar-refractivity contribution is -0.271. The minimum absolute atomic E-state index is 0.00969. The molecule has 11 atom stereocenters. The minimum Gasteiger partial charge on any atom is -0.479 e. The summed E-state index contributed by atoms with van der Waals surface area (Å²) in [5.41, 5.74) is 5.22. The molecule has 7 aliphatic rings. The molecule has 6 fully saturated rings. The highest BCUT2D eigenvalue weighted by Crippen LogP contribution is 2.68. The number of likely N-dealkylation sites (tertiary alicyclic amines) is 1. The first kappa shape index (κ1) is 83.5. The van der Waals surface area contributed by atoms with E-state index in [4.69, 9.17) is 47.9 Å². The first-order chi connectivity index (χ1) is 52.4. The van der Waals surface area contributed by atoms with Gasteiger partial charge in [0.2, 0.25) is 24.0 Å². The summed E-state index contributed by atoms with van der Waals surface area (Å²) in [6.45, 7) is 6.69. The van der Waals surface area contributed by atoms with E-state index in [2.05, 4.69) is 27.9 Å². The smallest absolute Gasteiger partial charge is 0.409 e. The molecule has 0 radical (unpaired) electrons. The van der Waals surface area contributed by atoms with Gasteiger partial charge in [-0.15, -0.1) is 0 Å². The number of hydrogen-bond donors (Lipinski definition) is 9. The van der Waals surface area contributed by atoms with Gasteiger partial charge in [-0.05, 0) is 160 Å². The number of thiazole rings is 1. The number of aromatic nitrogens is 4. The van der Waals surface area contributed by atoms with Crippen LogP contribution in [0.15, 0.2) is 79.0 Å². The number of aliphatic carboxylic acids is 1. The number of anilines is 2.